The molecule has 0 amide bonds. The summed E-state index contributed by atoms with van der Waals surface area (Å²) < 4.78 is 5.11. The Morgan fingerprint density at radius 1 is 0.958 bits per heavy atom. The molecule has 0 radical (unpaired) electrons. The van der Waals surface area contributed by atoms with Gasteiger partial charge in [-0.15, -0.1) is 0 Å². The molecule has 24 heavy (non-hydrogen) atoms. The van der Waals surface area contributed by atoms with Crippen molar-refractivity contribution in [3.63, 3.8) is 0 Å². The summed E-state index contributed by atoms with van der Waals surface area (Å²) in [6, 6.07) is 5.52. The predicted octanol–water partition coefficient (Wildman–Crippen LogP) is 2.08. The quantitative estimate of drug-likeness (QED) is 0.736. The lowest BCUT2D eigenvalue weighted by Gasteiger charge is -2.13. The molecule has 0 saturated carbocycles. The number of benzene rings is 2. The fraction of sp³-hybridized carbons (Fsp3) is 0.176. The summed E-state index contributed by atoms with van der Waals surface area (Å²) in [6.07, 6.45) is 0.250. The fourth-order valence-corrected chi connectivity index (χ4v) is 2.29. The van der Waals surface area contributed by atoms with Crippen LogP contribution in [0.25, 0.3) is 0 Å². The van der Waals surface area contributed by atoms with Gasteiger partial charge in [0.05, 0.1) is 12.7 Å². The lowest BCUT2D eigenvalue weighted by atomic mass is 9.95. The molecule has 0 fully saturated rings. The van der Waals surface area contributed by atoms with Crippen molar-refractivity contribution < 1.29 is 34.4 Å². The van der Waals surface area contributed by atoms with E-state index in [1.165, 1.54) is 31.4 Å². The molecule has 2 aromatic rings. The Bertz CT molecular complexity index is 780. The molecule has 7 nitrogen and oxygen atoms in total. The van der Waals surface area contributed by atoms with Gasteiger partial charge in [0.1, 0.15) is 28.6 Å². The summed E-state index contributed by atoms with van der Waals surface area (Å²) in [5, 5.41) is 29.4. The Morgan fingerprint density at radius 3 is 1.92 bits per heavy atom. The van der Waals surface area contributed by atoms with Crippen LogP contribution in [0, 0.1) is 13.8 Å². The van der Waals surface area contributed by atoms with Crippen molar-refractivity contribution in [2.45, 2.75) is 13.8 Å². The van der Waals surface area contributed by atoms with Gasteiger partial charge in [-0.25, -0.2) is 0 Å². The maximum Gasteiger partial charge on any atom is 0.373 e. The lowest BCUT2D eigenvalue weighted by molar-refractivity contribution is -0.191. The van der Waals surface area contributed by atoms with Crippen LogP contribution in [0.5, 0.6) is 23.0 Å². The van der Waals surface area contributed by atoms with Gasteiger partial charge in [0.25, 0.3) is 0 Å². The van der Waals surface area contributed by atoms with E-state index in [0.29, 0.717) is 11.1 Å². The molecule has 0 bridgehead atoms. The molecule has 0 heterocycles. The number of methoxy groups -OCH3 is 1. The van der Waals surface area contributed by atoms with Crippen molar-refractivity contribution in [3.05, 3.63) is 46.5 Å². The standard InChI is InChI=1S/C16H16O5.CO2/c1-8-4-11(18)15(12(19)5-8)16(20)14-9(2)6-10(17)7-13(14)21-3;2-1-3/h4-7,17-19H,1-3H3;. The number of hydrogen-bond acceptors (Lipinski definition) is 7. The molecular formula is C17H16O7. The van der Waals surface area contributed by atoms with Crippen LogP contribution in [-0.2, 0) is 9.59 Å². The molecule has 0 spiro atoms. The van der Waals surface area contributed by atoms with Gasteiger partial charge in [-0.2, -0.15) is 9.59 Å². The third-order valence-electron chi connectivity index (χ3n) is 3.20. The Labute approximate surface area is 137 Å². The van der Waals surface area contributed by atoms with Crippen LogP contribution in [0.15, 0.2) is 24.3 Å². The zero-order valence-electron chi connectivity index (χ0n) is 13.3. The highest BCUT2D eigenvalue weighted by Crippen LogP contribution is 2.35. The van der Waals surface area contributed by atoms with Gasteiger partial charge in [0.2, 0.25) is 5.78 Å². The van der Waals surface area contributed by atoms with Crippen molar-refractivity contribution in [3.8, 4) is 23.0 Å². The van der Waals surface area contributed by atoms with Crippen LogP contribution in [0.3, 0.4) is 0 Å². The number of phenolic OH excluding ortho intramolecular Hbond substituents is 3. The van der Waals surface area contributed by atoms with E-state index in [4.69, 9.17) is 14.3 Å². The molecule has 2 aromatic carbocycles. The third kappa shape index (κ3) is 3.91. The number of aryl methyl sites for hydroxylation is 2. The van der Waals surface area contributed by atoms with Crippen molar-refractivity contribution in [2.75, 3.05) is 7.11 Å². The normalized spacial score (nSPS) is 9.46. The molecule has 0 atom stereocenters. The Balaban J connectivity index is 0.000000891. The van der Waals surface area contributed by atoms with E-state index >= 15 is 0 Å². The smallest absolute Gasteiger partial charge is 0.373 e. The largest absolute Gasteiger partial charge is 0.508 e. The van der Waals surface area contributed by atoms with Crippen LogP contribution in [0.1, 0.15) is 27.0 Å². The molecule has 126 valence electrons. The van der Waals surface area contributed by atoms with Gasteiger partial charge >= 0.3 is 6.15 Å². The first-order valence-corrected chi connectivity index (χ1v) is 6.70. The second-order valence-corrected chi connectivity index (χ2v) is 4.93. The summed E-state index contributed by atoms with van der Waals surface area (Å²) in [5.74, 6) is -1.02. The van der Waals surface area contributed by atoms with Crippen molar-refractivity contribution in [2.24, 2.45) is 0 Å². The van der Waals surface area contributed by atoms with Crippen LogP contribution < -0.4 is 4.74 Å². The van der Waals surface area contributed by atoms with E-state index in [0.717, 1.165) is 0 Å². The summed E-state index contributed by atoms with van der Waals surface area (Å²) in [6.45, 7) is 3.33. The molecule has 0 aliphatic heterocycles. The lowest BCUT2D eigenvalue weighted by Crippen LogP contribution is -2.07. The molecule has 0 saturated heterocycles. The molecule has 7 heteroatoms. The van der Waals surface area contributed by atoms with E-state index in [2.05, 4.69) is 0 Å². The van der Waals surface area contributed by atoms with Gasteiger partial charge in [0.15, 0.2) is 0 Å². The second-order valence-electron chi connectivity index (χ2n) is 4.93. The van der Waals surface area contributed by atoms with Crippen molar-refractivity contribution >= 4 is 11.9 Å². The van der Waals surface area contributed by atoms with E-state index in [-0.39, 0.29) is 40.3 Å². The predicted molar refractivity (Wildman–Crippen MR) is 82.3 cm³/mol. The Morgan fingerprint density at radius 2 is 1.46 bits per heavy atom. The van der Waals surface area contributed by atoms with E-state index < -0.39 is 5.78 Å². The van der Waals surface area contributed by atoms with Gasteiger partial charge in [0, 0.05) is 6.07 Å². The molecular weight excluding hydrogens is 316 g/mol. The minimum absolute atomic E-state index is 0.0294. The van der Waals surface area contributed by atoms with E-state index in [1.54, 1.807) is 13.8 Å². The zero-order valence-corrected chi connectivity index (χ0v) is 13.3. The number of aromatic hydroxyl groups is 3. The number of carbonyl (C=O) groups is 1. The van der Waals surface area contributed by atoms with Crippen LogP contribution in [-0.4, -0.2) is 34.4 Å². The number of ether oxygens (including phenoxy) is 1. The van der Waals surface area contributed by atoms with Crippen LogP contribution in [0.2, 0.25) is 0 Å². The molecule has 0 unspecified atom stereocenters. The topological polar surface area (TPSA) is 121 Å². The third-order valence-corrected chi connectivity index (χ3v) is 3.20. The monoisotopic (exact) mass is 332 g/mol. The number of ketones is 1. The number of hydrogen-bond donors (Lipinski definition) is 3. The highest BCUT2D eigenvalue weighted by molar-refractivity contribution is 6.14. The summed E-state index contributed by atoms with van der Waals surface area (Å²) in [7, 11) is 1.37. The minimum atomic E-state index is -0.570. The van der Waals surface area contributed by atoms with Gasteiger partial charge < -0.3 is 20.1 Å². The van der Waals surface area contributed by atoms with Gasteiger partial charge in [-0.05, 0) is 43.2 Å². The highest BCUT2D eigenvalue weighted by Gasteiger charge is 2.24. The Hall–Kier alpha value is -3.31. The maximum atomic E-state index is 12.6. The fourth-order valence-electron chi connectivity index (χ4n) is 2.29. The summed E-state index contributed by atoms with van der Waals surface area (Å²) >= 11 is 0. The SMILES string of the molecule is COc1cc(O)cc(C)c1C(=O)c1c(O)cc(C)cc1O.O=C=O. The minimum Gasteiger partial charge on any atom is -0.508 e. The number of phenols is 3. The average molecular weight is 332 g/mol. The maximum absolute atomic E-state index is 12.6. The number of carbonyl (C=O) groups excluding carboxylic acids is 3. The molecule has 0 aliphatic rings. The van der Waals surface area contributed by atoms with E-state index in [1.807, 2.05) is 0 Å². The molecule has 3 N–H and O–H groups in total. The summed E-state index contributed by atoms with van der Waals surface area (Å²) in [5.41, 5.74) is 1.12. The first-order chi connectivity index (χ1) is 11.3. The van der Waals surface area contributed by atoms with Crippen molar-refractivity contribution in [1.82, 2.24) is 0 Å². The van der Waals surface area contributed by atoms with Crippen molar-refractivity contribution in [1.29, 1.82) is 0 Å². The van der Waals surface area contributed by atoms with Crippen LogP contribution >= 0.6 is 0 Å². The van der Waals surface area contributed by atoms with Crippen LogP contribution in [0.4, 0.5) is 0 Å². The highest BCUT2D eigenvalue weighted by atomic mass is 16.5. The van der Waals surface area contributed by atoms with E-state index in [9.17, 15) is 20.1 Å². The average Bonchev–Trinajstić information content (AvgIpc) is 2.45. The molecule has 0 aromatic heterocycles. The second kappa shape index (κ2) is 7.80. The summed E-state index contributed by atoms with van der Waals surface area (Å²) in [4.78, 5) is 28.9. The van der Waals surface area contributed by atoms with Gasteiger partial charge in [-0.1, -0.05) is 0 Å². The number of rotatable bonds is 3. The Kier molecular flexibility index (Phi) is 6.09. The zero-order chi connectivity index (χ0) is 18.4. The van der Waals surface area contributed by atoms with Gasteiger partial charge in [-0.3, -0.25) is 4.79 Å². The molecule has 2 rings (SSSR count). The first kappa shape index (κ1) is 18.7. The first-order valence-electron chi connectivity index (χ1n) is 6.70. The molecule has 0 aliphatic carbocycles.